The quantitative estimate of drug-likeness (QED) is 0.519. The van der Waals surface area contributed by atoms with Crippen molar-refractivity contribution in [3.05, 3.63) is 41.8 Å². The Labute approximate surface area is 168 Å². The molecule has 1 aromatic heterocycles. The summed E-state index contributed by atoms with van der Waals surface area (Å²) in [5.74, 6) is 1.65. The van der Waals surface area contributed by atoms with Crippen LogP contribution in [0.25, 0.3) is 11.5 Å². The van der Waals surface area contributed by atoms with Crippen LogP contribution in [0, 0.1) is 6.92 Å². The Balaban J connectivity index is 0.00000288. The number of ether oxygens (including phenoxy) is 1. The van der Waals surface area contributed by atoms with E-state index in [4.69, 9.17) is 14.3 Å². The topological polar surface area (TPSA) is 72.6 Å². The van der Waals surface area contributed by atoms with Crippen LogP contribution in [0.2, 0.25) is 0 Å². The van der Waals surface area contributed by atoms with Gasteiger partial charge in [-0.1, -0.05) is 18.2 Å². The van der Waals surface area contributed by atoms with Crippen molar-refractivity contribution in [3.8, 4) is 11.5 Å². The number of carboxylic acids is 1. The van der Waals surface area contributed by atoms with E-state index < -0.39 is 5.97 Å². The summed E-state index contributed by atoms with van der Waals surface area (Å²) in [4.78, 5) is 14.9. The van der Waals surface area contributed by atoms with Crippen molar-refractivity contribution in [3.63, 3.8) is 0 Å². The minimum atomic E-state index is -0.772. The van der Waals surface area contributed by atoms with E-state index in [0.29, 0.717) is 25.5 Å². The van der Waals surface area contributed by atoms with Gasteiger partial charge in [-0.3, -0.25) is 4.79 Å². The molecule has 1 heterocycles. The van der Waals surface area contributed by atoms with Gasteiger partial charge in [-0.25, -0.2) is 4.98 Å². The fourth-order valence-corrected chi connectivity index (χ4v) is 2.70. The minimum absolute atomic E-state index is 0. The fourth-order valence-electron chi connectivity index (χ4n) is 2.06. The zero-order chi connectivity index (χ0) is 16.5. The monoisotopic (exact) mass is 359 g/mol. The summed E-state index contributed by atoms with van der Waals surface area (Å²) in [6.07, 6.45) is 1.56. The average molecular weight is 359 g/mol. The van der Waals surface area contributed by atoms with Crippen molar-refractivity contribution < 1.29 is 19.1 Å². The number of nitrogens with zero attached hydrogens (tertiary/aromatic N) is 1. The molecule has 0 radical (unpaired) electrons. The Morgan fingerprint density at radius 2 is 2.04 bits per heavy atom. The fraction of sp³-hybridized carbons (Fsp3) is 0.412. The van der Waals surface area contributed by atoms with E-state index in [1.165, 1.54) is 11.8 Å². The summed E-state index contributed by atoms with van der Waals surface area (Å²) in [7, 11) is 0. The van der Waals surface area contributed by atoms with Gasteiger partial charge in [-0.15, -0.1) is 0 Å². The summed E-state index contributed by atoms with van der Waals surface area (Å²) < 4.78 is 11.3. The Hall–Kier alpha value is -0.790. The molecule has 0 aliphatic heterocycles. The average Bonchev–Trinajstić information content (AvgIpc) is 2.91. The zero-order valence-electron chi connectivity index (χ0n) is 13.2. The number of carbonyl (C=O) groups is 1. The molecule has 1 aromatic carbocycles. The second-order valence-corrected chi connectivity index (χ2v) is 6.16. The van der Waals surface area contributed by atoms with E-state index in [2.05, 4.69) is 4.98 Å². The predicted molar refractivity (Wildman–Crippen MR) is 97.9 cm³/mol. The van der Waals surface area contributed by atoms with Gasteiger partial charge in [-0.2, -0.15) is 11.8 Å². The van der Waals surface area contributed by atoms with Crippen LogP contribution < -0.4 is 0 Å². The molecule has 5 nitrogen and oxygen atoms in total. The van der Waals surface area contributed by atoms with Gasteiger partial charge in [0.05, 0.1) is 18.1 Å². The molecule has 2 rings (SSSR count). The SMILES string of the molecule is Cc1oc(-c2ccccc2)nc1CCOCCCSCC(=O)O.[NaH]. The summed E-state index contributed by atoms with van der Waals surface area (Å²) >= 11 is 1.41. The number of carboxylic acid groups (broad SMARTS) is 1. The molecule has 0 bridgehead atoms. The molecule has 0 saturated heterocycles. The van der Waals surface area contributed by atoms with E-state index in [9.17, 15) is 4.79 Å². The third kappa shape index (κ3) is 7.40. The number of oxazole rings is 1. The van der Waals surface area contributed by atoms with Crippen molar-refractivity contribution in [1.82, 2.24) is 4.98 Å². The molecule has 24 heavy (non-hydrogen) atoms. The molecule has 0 aliphatic rings. The molecule has 0 saturated carbocycles. The molecule has 0 amide bonds. The standard InChI is InChI=1S/C17H21NO4S.Na.H/c1-13-15(8-10-21-9-5-11-23-12-16(19)20)18-17(22-13)14-6-3-2-4-7-14;;/h2-4,6-7H,5,8-12H2,1H3,(H,19,20);;. The maximum atomic E-state index is 10.4. The number of hydrogen-bond donors (Lipinski definition) is 1. The van der Waals surface area contributed by atoms with Crippen LogP contribution in [0.5, 0.6) is 0 Å². The molecule has 0 spiro atoms. The normalized spacial score (nSPS) is 10.4. The summed E-state index contributed by atoms with van der Waals surface area (Å²) in [5, 5.41) is 8.52. The first kappa shape index (κ1) is 21.3. The Bertz CT molecular complexity index is 618. The maximum absolute atomic E-state index is 10.4. The van der Waals surface area contributed by atoms with E-state index >= 15 is 0 Å². The molecular weight excluding hydrogens is 337 g/mol. The number of hydrogen-bond acceptors (Lipinski definition) is 5. The molecule has 0 unspecified atom stereocenters. The molecule has 0 fully saturated rings. The van der Waals surface area contributed by atoms with Crippen LogP contribution in [0.15, 0.2) is 34.7 Å². The Morgan fingerprint density at radius 3 is 2.75 bits per heavy atom. The van der Waals surface area contributed by atoms with Gasteiger partial charge in [0.15, 0.2) is 0 Å². The first-order valence-corrected chi connectivity index (χ1v) is 8.71. The predicted octanol–water partition coefficient (Wildman–Crippen LogP) is 2.77. The molecule has 0 atom stereocenters. The number of aromatic nitrogens is 1. The summed E-state index contributed by atoms with van der Waals surface area (Å²) in [6, 6.07) is 9.82. The zero-order valence-corrected chi connectivity index (χ0v) is 14.0. The molecule has 126 valence electrons. The second-order valence-electron chi connectivity index (χ2n) is 5.05. The van der Waals surface area contributed by atoms with Crippen LogP contribution in [0.1, 0.15) is 17.9 Å². The van der Waals surface area contributed by atoms with Gasteiger partial charge in [0, 0.05) is 18.6 Å². The molecule has 1 N–H and O–H groups in total. The van der Waals surface area contributed by atoms with Crippen molar-refractivity contribution in [2.45, 2.75) is 19.8 Å². The van der Waals surface area contributed by atoms with Crippen LogP contribution in [-0.4, -0.2) is 70.3 Å². The van der Waals surface area contributed by atoms with Gasteiger partial charge >= 0.3 is 35.5 Å². The van der Waals surface area contributed by atoms with Crippen LogP contribution in [-0.2, 0) is 16.0 Å². The van der Waals surface area contributed by atoms with Crippen molar-refractivity contribution >= 4 is 47.3 Å². The van der Waals surface area contributed by atoms with E-state index in [-0.39, 0.29) is 35.3 Å². The summed E-state index contributed by atoms with van der Waals surface area (Å²) in [6.45, 7) is 3.14. The third-order valence-corrected chi connectivity index (χ3v) is 4.23. The van der Waals surface area contributed by atoms with Gasteiger partial charge in [0.1, 0.15) is 5.76 Å². The number of aryl methyl sites for hydroxylation is 1. The van der Waals surface area contributed by atoms with Crippen molar-refractivity contribution in [1.29, 1.82) is 0 Å². The second kappa shape index (κ2) is 11.7. The van der Waals surface area contributed by atoms with E-state index in [0.717, 1.165) is 29.2 Å². The number of benzene rings is 1. The Kier molecular flexibility index (Phi) is 10.4. The molecule has 0 aliphatic carbocycles. The van der Waals surface area contributed by atoms with Crippen molar-refractivity contribution in [2.24, 2.45) is 0 Å². The van der Waals surface area contributed by atoms with Gasteiger partial charge in [0.25, 0.3) is 0 Å². The first-order valence-electron chi connectivity index (χ1n) is 7.56. The van der Waals surface area contributed by atoms with Crippen molar-refractivity contribution in [2.75, 3.05) is 24.7 Å². The van der Waals surface area contributed by atoms with Gasteiger partial charge in [-0.05, 0) is 31.2 Å². The van der Waals surface area contributed by atoms with Gasteiger partial charge < -0.3 is 14.3 Å². The van der Waals surface area contributed by atoms with E-state index in [1.54, 1.807) is 0 Å². The number of rotatable bonds is 10. The Morgan fingerprint density at radius 1 is 1.29 bits per heavy atom. The van der Waals surface area contributed by atoms with Crippen LogP contribution >= 0.6 is 11.8 Å². The molecule has 2 aromatic rings. The van der Waals surface area contributed by atoms with Crippen LogP contribution in [0.4, 0.5) is 0 Å². The summed E-state index contributed by atoms with van der Waals surface area (Å²) in [5.41, 5.74) is 1.89. The first-order chi connectivity index (χ1) is 11.2. The molecule has 7 heteroatoms. The van der Waals surface area contributed by atoms with E-state index in [1.807, 2.05) is 37.3 Å². The number of thioether (sulfide) groups is 1. The molecular formula is C17H22NNaO4S. The third-order valence-electron chi connectivity index (χ3n) is 3.20. The number of aliphatic carboxylic acids is 1. The van der Waals surface area contributed by atoms with Gasteiger partial charge in [0.2, 0.25) is 5.89 Å². The van der Waals surface area contributed by atoms with Crippen LogP contribution in [0.3, 0.4) is 0 Å².